The van der Waals surface area contributed by atoms with Gasteiger partial charge in [0.25, 0.3) is 0 Å². The summed E-state index contributed by atoms with van der Waals surface area (Å²) < 4.78 is 0. The number of aliphatic carboxylic acids is 1. The van der Waals surface area contributed by atoms with Crippen molar-refractivity contribution >= 4 is 47.3 Å². The summed E-state index contributed by atoms with van der Waals surface area (Å²) >= 11 is 0. The van der Waals surface area contributed by atoms with Crippen LogP contribution in [0, 0.1) is 0 Å². The van der Waals surface area contributed by atoms with Crippen molar-refractivity contribution in [2.24, 2.45) is 11.5 Å². The van der Waals surface area contributed by atoms with Gasteiger partial charge in [0.15, 0.2) is 0 Å². The quantitative estimate of drug-likeness (QED) is 0.535. The zero-order valence-corrected chi connectivity index (χ0v) is 8.86. The molecule has 0 aromatic carbocycles. The number of primary amides is 2. The number of rotatable bonds is 6. The average molecular weight is 242 g/mol. The molecule has 0 rings (SSSR count). The summed E-state index contributed by atoms with van der Waals surface area (Å²) in [6.45, 7) is 1.98. The van der Waals surface area contributed by atoms with Crippen LogP contribution < -0.4 is 11.5 Å². The molecule has 0 unspecified atom stereocenters. The third-order valence-corrected chi connectivity index (χ3v) is 1.36. The normalized spacial score (nSPS) is 8.06. The summed E-state index contributed by atoms with van der Waals surface area (Å²) in [6, 6.07) is 0. The zero-order valence-electron chi connectivity index (χ0n) is 8.86. The molecule has 7 heteroatoms. The Morgan fingerprint density at radius 3 is 1.50 bits per heavy atom. The molecule has 0 saturated heterocycles. The van der Waals surface area contributed by atoms with Crippen LogP contribution in [-0.4, -0.2) is 52.4 Å². The Bertz CT molecular complexity index is 208. The van der Waals surface area contributed by atoms with E-state index in [-0.39, 0.29) is 42.4 Å². The van der Waals surface area contributed by atoms with E-state index in [1.54, 1.807) is 0 Å². The Morgan fingerprint density at radius 1 is 1.00 bits per heavy atom. The van der Waals surface area contributed by atoms with E-state index in [0.717, 1.165) is 12.8 Å². The fourth-order valence-corrected chi connectivity index (χ4v) is 0.574. The predicted molar refractivity (Wildman–Crippen MR) is 61.9 cm³/mol. The second-order valence-corrected chi connectivity index (χ2v) is 2.93. The summed E-state index contributed by atoms with van der Waals surface area (Å²) in [5.41, 5.74) is 9.39. The second kappa shape index (κ2) is 14.4. The number of nitrogens with two attached hydrogens (primary N) is 2. The molecule has 0 aromatic rings. The van der Waals surface area contributed by atoms with E-state index in [0.29, 0.717) is 6.42 Å². The molecule has 0 fully saturated rings. The van der Waals surface area contributed by atoms with Crippen LogP contribution >= 0.6 is 0 Å². The first-order valence-corrected chi connectivity index (χ1v) is 4.68. The van der Waals surface area contributed by atoms with Gasteiger partial charge >= 0.3 is 35.5 Å². The minimum atomic E-state index is -0.693. The molecular weight excluding hydrogens is 223 g/mol. The van der Waals surface area contributed by atoms with Gasteiger partial charge < -0.3 is 16.6 Å². The number of amides is 2. The molecule has 0 heterocycles. The molecule has 0 aliphatic carbocycles. The number of hydrogen-bond donors (Lipinski definition) is 3. The maximum absolute atomic E-state index is 9.92. The fraction of sp³-hybridized carbons (Fsp3) is 0.667. The van der Waals surface area contributed by atoms with Crippen molar-refractivity contribution in [3.8, 4) is 0 Å². The van der Waals surface area contributed by atoms with Crippen LogP contribution in [0.5, 0.6) is 0 Å². The molecule has 6 nitrogen and oxygen atoms in total. The molecule has 2 amide bonds. The molecule has 0 spiro atoms. The minimum absolute atomic E-state index is 0. The van der Waals surface area contributed by atoms with Crippen molar-refractivity contribution < 1.29 is 19.5 Å². The van der Waals surface area contributed by atoms with Gasteiger partial charge in [0.05, 0.1) is 0 Å². The third-order valence-electron chi connectivity index (χ3n) is 1.36. The molecule has 0 aromatic heterocycles. The Balaban J connectivity index is -0.000000200. The summed E-state index contributed by atoms with van der Waals surface area (Å²) in [5, 5.41) is 8.04. The van der Waals surface area contributed by atoms with Crippen LogP contribution in [0.2, 0.25) is 0 Å². The summed E-state index contributed by atoms with van der Waals surface area (Å²) in [4.78, 5) is 29.6. The Labute approximate surface area is 117 Å². The first-order valence-electron chi connectivity index (χ1n) is 4.68. The van der Waals surface area contributed by atoms with E-state index in [9.17, 15) is 14.4 Å². The van der Waals surface area contributed by atoms with Crippen molar-refractivity contribution in [2.45, 2.75) is 39.0 Å². The topological polar surface area (TPSA) is 123 Å². The van der Waals surface area contributed by atoms with Crippen molar-refractivity contribution in [1.29, 1.82) is 0 Å². The van der Waals surface area contributed by atoms with Crippen molar-refractivity contribution in [1.82, 2.24) is 0 Å². The van der Waals surface area contributed by atoms with E-state index >= 15 is 0 Å². The molecule has 0 aliphatic rings. The van der Waals surface area contributed by atoms with Gasteiger partial charge in [0.1, 0.15) is 0 Å². The molecule has 0 saturated carbocycles. The standard InChI is InChI=1S/C5H10O2.C4H8N2O2.Na.H/c1-2-3-4-5(6)7;5-3(7)1-2-4(6)8;;/h2-4H2,1H3,(H,6,7);1-2H2,(H2,5,7)(H2,6,8);;. The number of carboxylic acid groups (broad SMARTS) is 1. The van der Waals surface area contributed by atoms with E-state index < -0.39 is 17.8 Å². The second-order valence-electron chi connectivity index (χ2n) is 2.93. The van der Waals surface area contributed by atoms with Gasteiger partial charge in [-0.15, -0.1) is 0 Å². The van der Waals surface area contributed by atoms with E-state index in [4.69, 9.17) is 16.6 Å². The van der Waals surface area contributed by atoms with Crippen LogP contribution in [0.15, 0.2) is 0 Å². The number of hydrogen-bond acceptors (Lipinski definition) is 3. The molecule has 16 heavy (non-hydrogen) atoms. The van der Waals surface area contributed by atoms with Gasteiger partial charge in [0.2, 0.25) is 11.8 Å². The van der Waals surface area contributed by atoms with E-state index in [1.165, 1.54) is 0 Å². The molecule has 0 bridgehead atoms. The number of carboxylic acids is 1. The van der Waals surface area contributed by atoms with Crippen molar-refractivity contribution in [3.63, 3.8) is 0 Å². The van der Waals surface area contributed by atoms with Crippen LogP contribution in [0.3, 0.4) is 0 Å². The first-order chi connectivity index (χ1) is 6.90. The Morgan fingerprint density at radius 2 is 1.38 bits per heavy atom. The van der Waals surface area contributed by atoms with Crippen LogP contribution in [-0.2, 0) is 14.4 Å². The molecule has 90 valence electrons. The molecule has 0 radical (unpaired) electrons. The van der Waals surface area contributed by atoms with Crippen LogP contribution in [0.4, 0.5) is 0 Å². The molecule has 0 aliphatic heterocycles. The number of carbonyl (C=O) groups excluding carboxylic acids is 2. The van der Waals surface area contributed by atoms with Gasteiger partial charge in [-0.25, -0.2) is 0 Å². The van der Waals surface area contributed by atoms with Crippen LogP contribution in [0.25, 0.3) is 0 Å². The molecular formula is C9H19N2NaO4. The van der Waals surface area contributed by atoms with Gasteiger partial charge in [-0.1, -0.05) is 13.3 Å². The summed E-state index contributed by atoms with van der Waals surface area (Å²) in [6.07, 6.45) is 2.18. The van der Waals surface area contributed by atoms with E-state index in [1.807, 2.05) is 6.92 Å². The molecule has 5 N–H and O–H groups in total. The SMILES string of the molecule is CCCCC(=O)O.NC(=O)CCC(N)=O.[NaH]. The fourth-order valence-electron chi connectivity index (χ4n) is 0.574. The van der Waals surface area contributed by atoms with Gasteiger partial charge in [-0.05, 0) is 6.42 Å². The first kappa shape index (κ1) is 20.8. The monoisotopic (exact) mass is 242 g/mol. The number of carbonyl (C=O) groups is 3. The third kappa shape index (κ3) is 29.2. The predicted octanol–water partition coefficient (Wildman–Crippen LogP) is -0.650. The maximum atomic E-state index is 9.92. The zero-order chi connectivity index (χ0) is 12.3. The van der Waals surface area contributed by atoms with Crippen molar-refractivity contribution in [3.05, 3.63) is 0 Å². The average Bonchev–Trinajstić information content (AvgIpc) is 2.12. The van der Waals surface area contributed by atoms with Crippen LogP contribution in [0.1, 0.15) is 39.0 Å². The van der Waals surface area contributed by atoms with Crippen molar-refractivity contribution in [2.75, 3.05) is 0 Å². The summed E-state index contributed by atoms with van der Waals surface area (Å²) in [7, 11) is 0. The van der Waals surface area contributed by atoms with Gasteiger partial charge in [0, 0.05) is 19.3 Å². The Hall–Kier alpha value is -0.590. The Kier molecular flexibility index (Phi) is 18.7. The van der Waals surface area contributed by atoms with Gasteiger partial charge in [-0.2, -0.15) is 0 Å². The number of unbranched alkanes of at least 4 members (excludes halogenated alkanes) is 1. The summed E-state index contributed by atoms with van der Waals surface area (Å²) in [5.74, 6) is -1.69. The molecule has 0 atom stereocenters. The van der Waals surface area contributed by atoms with Gasteiger partial charge in [-0.3, -0.25) is 14.4 Å². The van der Waals surface area contributed by atoms with E-state index in [2.05, 4.69) is 0 Å².